The van der Waals surface area contributed by atoms with Crippen molar-refractivity contribution in [1.29, 1.82) is 0 Å². The quantitative estimate of drug-likeness (QED) is 0.757. The summed E-state index contributed by atoms with van der Waals surface area (Å²) in [4.78, 5) is 50.6. The second kappa shape index (κ2) is 7.95. The predicted molar refractivity (Wildman–Crippen MR) is 94.9 cm³/mol. The normalized spacial score (nSPS) is 19.9. The molecule has 2 rings (SSSR count). The van der Waals surface area contributed by atoms with Crippen LogP contribution < -0.4 is 11.2 Å². The van der Waals surface area contributed by atoms with Crippen LogP contribution in [0.25, 0.3) is 0 Å². The first-order valence-corrected chi connectivity index (χ1v) is 8.59. The van der Waals surface area contributed by atoms with E-state index in [1.807, 2.05) is 0 Å². The number of H-pyrrole nitrogens is 1. The lowest BCUT2D eigenvalue weighted by molar-refractivity contribution is -0.142. The molecular formula is C17H25N3O7. The van der Waals surface area contributed by atoms with Gasteiger partial charge in [0, 0.05) is 18.3 Å². The molecule has 10 nitrogen and oxygen atoms in total. The number of amides is 1. The molecule has 1 aliphatic heterocycles. The van der Waals surface area contributed by atoms with Crippen molar-refractivity contribution in [3.63, 3.8) is 0 Å². The third kappa shape index (κ3) is 5.43. The Bertz CT molecular complexity index is 821. The van der Waals surface area contributed by atoms with Crippen LogP contribution in [0.3, 0.4) is 0 Å². The Morgan fingerprint density at radius 3 is 2.59 bits per heavy atom. The van der Waals surface area contributed by atoms with Gasteiger partial charge in [0.2, 0.25) is 0 Å². The average Bonchev–Trinajstić information content (AvgIpc) is 2.93. The Hall–Kier alpha value is -2.62. The highest BCUT2D eigenvalue weighted by atomic mass is 16.6. The standard InChI is InChI=1S/C17H25N3O7/c1-10-6-19(15(24)18-14(10)23)11-5-12(8-26-9-13(21)22)20(7-11)16(25)27-17(2,3)4/h6,11-12H,5,7-9H2,1-4H3,(H,21,22)(H,18,23,24)/t11-,12-/m1/s1. The lowest BCUT2D eigenvalue weighted by Crippen LogP contribution is -2.42. The Balaban J connectivity index is 2.24. The average molecular weight is 383 g/mol. The number of nitrogens with one attached hydrogen (secondary N) is 1. The molecule has 2 N–H and O–H groups in total. The summed E-state index contributed by atoms with van der Waals surface area (Å²) in [7, 11) is 0. The number of aromatic amines is 1. The van der Waals surface area contributed by atoms with Gasteiger partial charge in [0.1, 0.15) is 12.2 Å². The molecule has 0 radical (unpaired) electrons. The van der Waals surface area contributed by atoms with E-state index in [4.69, 9.17) is 14.6 Å². The summed E-state index contributed by atoms with van der Waals surface area (Å²) >= 11 is 0. The molecule has 0 unspecified atom stereocenters. The molecule has 0 aliphatic carbocycles. The molecule has 1 aromatic rings. The lowest BCUT2D eigenvalue weighted by atomic mass is 10.1. The minimum Gasteiger partial charge on any atom is -0.480 e. The zero-order chi connectivity index (χ0) is 20.4. The number of aryl methyl sites for hydroxylation is 1. The maximum absolute atomic E-state index is 12.5. The molecular weight excluding hydrogens is 358 g/mol. The van der Waals surface area contributed by atoms with E-state index in [0.29, 0.717) is 12.0 Å². The van der Waals surface area contributed by atoms with Crippen LogP contribution in [0.15, 0.2) is 15.8 Å². The van der Waals surface area contributed by atoms with Crippen molar-refractivity contribution in [2.45, 2.75) is 51.8 Å². The molecule has 0 spiro atoms. The molecule has 0 bridgehead atoms. The van der Waals surface area contributed by atoms with Gasteiger partial charge in [0.15, 0.2) is 0 Å². The monoisotopic (exact) mass is 383 g/mol. The molecule has 1 aliphatic rings. The van der Waals surface area contributed by atoms with Crippen LogP contribution in [-0.4, -0.2) is 63.0 Å². The SMILES string of the molecule is Cc1cn([C@@H]2C[C@H](COCC(=O)O)N(C(=O)OC(C)(C)C)C2)c(=O)[nH]c1=O. The van der Waals surface area contributed by atoms with Gasteiger partial charge >= 0.3 is 17.8 Å². The number of aliphatic carboxylic acids is 1. The summed E-state index contributed by atoms with van der Waals surface area (Å²) < 4.78 is 11.9. The number of rotatable bonds is 5. The van der Waals surface area contributed by atoms with Crippen LogP contribution in [0.4, 0.5) is 4.79 Å². The van der Waals surface area contributed by atoms with Crippen LogP contribution in [0.1, 0.15) is 38.8 Å². The second-order valence-electron chi connectivity index (χ2n) is 7.56. The molecule has 10 heteroatoms. The number of hydrogen-bond donors (Lipinski definition) is 2. The fourth-order valence-corrected chi connectivity index (χ4v) is 2.94. The van der Waals surface area contributed by atoms with Crippen LogP contribution in [0, 0.1) is 6.92 Å². The molecule has 0 aromatic carbocycles. The van der Waals surface area contributed by atoms with Gasteiger partial charge in [-0.15, -0.1) is 0 Å². The number of carbonyl (C=O) groups is 2. The highest BCUT2D eigenvalue weighted by molar-refractivity contribution is 5.69. The van der Waals surface area contributed by atoms with E-state index >= 15 is 0 Å². The van der Waals surface area contributed by atoms with Gasteiger partial charge < -0.3 is 19.5 Å². The van der Waals surface area contributed by atoms with E-state index < -0.39 is 41.6 Å². The van der Waals surface area contributed by atoms with Crippen molar-refractivity contribution in [3.8, 4) is 0 Å². The van der Waals surface area contributed by atoms with Gasteiger partial charge in [0.25, 0.3) is 5.56 Å². The maximum atomic E-state index is 12.5. The fourth-order valence-electron chi connectivity index (χ4n) is 2.94. The number of carboxylic acids is 1. The molecule has 2 heterocycles. The van der Waals surface area contributed by atoms with E-state index in [2.05, 4.69) is 4.98 Å². The molecule has 1 amide bonds. The molecule has 1 aromatic heterocycles. The van der Waals surface area contributed by atoms with Crippen molar-refractivity contribution in [2.24, 2.45) is 0 Å². The first-order chi connectivity index (χ1) is 12.5. The number of nitrogens with zero attached hydrogens (tertiary/aromatic N) is 2. The van der Waals surface area contributed by atoms with Crippen LogP contribution in [-0.2, 0) is 14.3 Å². The summed E-state index contributed by atoms with van der Waals surface area (Å²) in [6.07, 6.45) is 1.26. The first-order valence-electron chi connectivity index (χ1n) is 8.59. The summed E-state index contributed by atoms with van der Waals surface area (Å²) in [6, 6.07) is -0.845. The van der Waals surface area contributed by atoms with E-state index in [-0.39, 0.29) is 19.2 Å². The Morgan fingerprint density at radius 1 is 1.33 bits per heavy atom. The predicted octanol–water partition coefficient (Wildman–Crippen LogP) is 0.497. The third-order valence-electron chi connectivity index (χ3n) is 4.10. The van der Waals surface area contributed by atoms with Gasteiger partial charge in [-0.3, -0.25) is 14.3 Å². The Kier molecular flexibility index (Phi) is 6.09. The highest BCUT2D eigenvalue weighted by Crippen LogP contribution is 2.28. The second-order valence-corrected chi connectivity index (χ2v) is 7.56. The Morgan fingerprint density at radius 2 is 2.00 bits per heavy atom. The summed E-state index contributed by atoms with van der Waals surface area (Å²) in [5, 5.41) is 8.73. The van der Waals surface area contributed by atoms with E-state index in [1.54, 1.807) is 27.7 Å². The third-order valence-corrected chi connectivity index (χ3v) is 4.10. The first kappa shape index (κ1) is 20.7. The van der Waals surface area contributed by atoms with Crippen molar-refractivity contribution < 1.29 is 24.2 Å². The van der Waals surface area contributed by atoms with Gasteiger partial charge in [-0.25, -0.2) is 14.4 Å². The molecule has 1 fully saturated rings. The molecule has 27 heavy (non-hydrogen) atoms. The molecule has 2 atom stereocenters. The van der Waals surface area contributed by atoms with Crippen LogP contribution >= 0.6 is 0 Å². The smallest absolute Gasteiger partial charge is 0.410 e. The summed E-state index contributed by atoms with van der Waals surface area (Å²) in [6.45, 7) is 6.50. The number of carboxylic acid groups (broad SMARTS) is 1. The Labute approximate surface area is 155 Å². The van der Waals surface area contributed by atoms with Gasteiger partial charge in [-0.2, -0.15) is 0 Å². The van der Waals surface area contributed by atoms with Crippen molar-refractivity contribution in [1.82, 2.24) is 14.5 Å². The zero-order valence-corrected chi connectivity index (χ0v) is 15.9. The molecule has 0 saturated carbocycles. The van der Waals surface area contributed by atoms with Crippen molar-refractivity contribution >= 4 is 12.1 Å². The van der Waals surface area contributed by atoms with E-state index in [0.717, 1.165) is 0 Å². The van der Waals surface area contributed by atoms with Crippen molar-refractivity contribution in [2.75, 3.05) is 19.8 Å². The number of aromatic nitrogens is 2. The largest absolute Gasteiger partial charge is 0.480 e. The number of hydrogen-bond acceptors (Lipinski definition) is 6. The summed E-state index contributed by atoms with van der Waals surface area (Å²) in [5.41, 5.74) is -1.34. The zero-order valence-electron chi connectivity index (χ0n) is 15.9. The van der Waals surface area contributed by atoms with Crippen LogP contribution in [0.2, 0.25) is 0 Å². The lowest BCUT2D eigenvalue weighted by Gasteiger charge is -2.28. The van der Waals surface area contributed by atoms with Gasteiger partial charge in [-0.05, 0) is 34.1 Å². The minimum atomic E-state index is -1.11. The van der Waals surface area contributed by atoms with E-state index in [1.165, 1.54) is 15.7 Å². The van der Waals surface area contributed by atoms with Crippen LogP contribution in [0.5, 0.6) is 0 Å². The highest BCUT2D eigenvalue weighted by Gasteiger charge is 2.39. The molecule has 150 valence electrons. The van der Waals surface area contributed by atoms with Gasteiger partial charge in [-0.1, -0.05) is 0 Å². The van der Waals surface area contributed by atoms with Crippen molar-refractivity contribution in [3.05, 3.63) is 32.6 Å². The van der Waals surface area contributed by atoms with Gasteiger partial charge in [0.05, 0.1) is 18.7 Å². The van der Waals surface area contributed by atoms with E-state index in [9.17, 15) is 19.2 Å². The topological polar surface area (TPSA) is 131 Å². The molecule has 1 saturated heterocycles. The number of likely N-dealkylation sites (tertiary alicyclic amines) is 1. The summed E-state index contributed by atoms with van der Waals surface area (Å²) in [5.74, 6) is -1.11. The maximum Gasteiger partial charge on any atom is 0.410 e. The minimum absolute atomic E-state index is 0.000864. The fraction of sp³-hybridized carbons (Fsp3) is 0.647. The number of ether oxygens (including phenoxy) is 2. The number of carbonyl (C=O) groups excluding carboxylic acids is 1.